The Hall–Kier alpha value is -2.03. The molecule has 0 unspecified atom stereocenters. The highest BCUT2D eigenvalue weighted by molar-refractivity contribution is 7.10. The van der Waals surface area contributed by atoms with Gasteiger partial charge in [-0.05, 0) is 30.5 Å². The first-order valence-electron chi connectivity index (χ1n) is 6.20. The zero-order chi connectivity index (χ0) is 14.5. The maximum atomic E-state index is 12.1. The lowest BCUT2D eigenvalue weighted by Gasteiger charge is -2.06. The topological polar surface area (TPSA) is 54.3 Å². The molecule has 104 valence electrons. The number of nitrogens with one attached hydrogen (secondary N) is 1. The molecule has 2 aromatic heterocycles. The maximum absolute atomic E-state index is 12.1. The van der Waals surface area contributed by atoms with E-state index in [4.69, 9.17) is 5.11 Å². The number of hydrogen-bond acceptors (Lipinski definition) is 3. The van der Waals surface area contributed by atoms with Gasteiger partial charge in [-0.2, -0.15) is 0 Å². The summed E-state index contributed by atoms with van der Waals surface area (Å²) in [6, 6.07) is 5.62. The first kappa shape index (κ1) is 14.4. The van der Waals surface area contributed by atoms with Gasteiger partial charge >= 0.3 is 0 Å². The molecule has 0 aliphatic carbocycles. The number of aryl methyl sites for hydroxylation is 1. The van der Waals surface area contributed by atoms with E-state index in [1.54, 1.807) is 11.3 Å². The van der Waals surface area contributed by atoms with Crippen LogP contribution in [0.25, 0.3) is 0 Å². The van der Waals surface area contributed by atoms with Gasteiger partial charge in [0.05, 0.1) is 6.54 Å². The van der Waals surface area contributed by atoms with Crippen LogP contribution in [0.3, 0.4) is 0 Å². The molecule has 2 rings (SSSR count). The molecular weight excluding hydrogens is 272 g/mol. The van der Waals surface area contributed by atoms with Gasteiger partial charge in [0.1, 0.15) is 12.3 Å². The Morgan fingerprint density at radius 1 is 1.45 bits per heavy atom. The van der Waals surface area contributed by atoms with Crippen LogP contribution in [0.4, 0.5) is 0 Å². The van der Waals surface area contributed by atoms with Crippen molar-refractivity contribution in [3.05, 3.63) is 45.4 Å². The van der Waals surface area contributed by atoms with Crippen LogP contribution in [0.2, 0.25) is 0 Å². The summed E-state index contributed by atoms with van der Waals surface area (Å²) >= 11 is 1.54. The van der Waals surface area contributed by atoms with E-state index in [0.29, 0.717) is 12.2 Å². The van der Waals surface area contributed by atoms with Crippen molar-refractivity contribution in [2.45, 2.75) is 13.5 Å². The molecular formula is C15H16N2O2S. The summed E-state index contributed by atoms with van der Waals surface area (Å²) in [5.74, 6) is 5.39. The van der Waals surface area contributed by atoms with Crippen molar-refractivity contribution in [1.82, 2.24) is 9.88 Å². The molecule has 2 heterocycles. The predicted molar refractivity (Wildman–Crippen MR) is 79.6 cm³/mol. The van der Waals surface area contributed by atoms with Gasteiger partial charge in [0, 0.05) is 23.2 Å². The molecule has 20 heavy (non-hydrogen) atoms. The molecule has 0 atom stereocenters. The highest BCUT2D eigenvalue weighted by Gasteiger charge is 2.11. The zero-order valence-corrected chi connectivity index (χ0v) is 12.3. The highest BCUT2D eigenvalue weighted by Crippen LogP contribution is 2.15. The minimum atomic E-state index is -0.162. The molecule has 0 saturated carbocycles. The van der Waals surface area contributed by atoms with Crippen molar-refractivity contribution < 1.29 is 9.90 Å². The third-order valence-corrected chi connectivity index (χ3v) is 3.98. The van der Waals surface area contributed by atoms with Gasteiger partial charge in [-0.1, -0.05) is 11.8 Å². The minimum absolute atomic E-state index is 0.102. The molecule has 2 aromatic rings. The van der Waals surface area contributed by atoms with Crippen molar-refractivity contribution in [3.8, 4) is 11.8 Å². The molecule has 0 bridgehead atoms. The van der Waals surface area contributed by atoms with E-state index in [1.165, 1.54) is 0 Å². The number of thiophene rings is 1. The minimum Gasteiger partial charge on any atom is -0.384 e. The Morgan fingerprint density at radius 3 is 2.90 bits per heavy atom. The number of aromatic nitrogens is 1. The Balaban J connectivity index is 2.04. The van der Waals surface area contributed by atoms with Crippen molar-refractivity contribution in [1.29, 1.82) is 0 Å². The van der Waals surface area contributed by atoms with Crippen LogP contribution in [0, 0.1) is 18.8 Å². The van der Waals surface area contributed by atoms with Gasteiger partial charge in [-0.25, -0.2) is 0 Å². The first-order chi connectivity index (χ1) is 9.63. The average Bonchev–Trinajstić information content (AvgIpc) is 3.02. The maximum Gasteiger partial charge on any atom is 0.268 e. The Kier molecular flexibility index (Phi) is 4.61. The van der Waals surface area contributed by atoms with Gasteiger partial charge < -0.3 is 15.0 Å². The number of aliphatic hydroxyl groups excluding tert-OH is 1. The quantitative estimate of drug-likeness (QED) is 0.844. The fourth-order valence-electron chi connectivity index (χ4n) is 1.82. The Labute approximate surface area is 122 Å². The third kappa shape index (κ3) is 3.10. The fourth-order valence-corrected chi connectivity index (χ4v) is 2.59. The van der Waals surface area contributed by atoms with E-state index in [0.717, 1.165) is 16.1 Å². The fraction of sp³-hybridized carbons (Fsp3) is 0.267. The summed E-state index contributed by atoms with van der Waals surface area (Å²) in [4.78, 5) is 13.1. The lowest BCUT2D eigenvalue weighted by molar-refractivity contribution is 0.0943. The first-order valence-corrected chi connectivity index (χ1v) is 7.08. The van der Waals surface area contributed by atoms with E-state index in [-0.39, 0.29) is 12.5 Å². The van der Waals surface area contributed by atoms with Crippen LogP contribution in [-0.4, -0.2) is 22.2 Å². The Bertz CT molecular complexity index is 674. The number of aliphatic hydroxyl groups is 1. The molecule has 0 aliphatic rings. The van der Waals surface area contributed by atoms with Crippen molar-refractivity contribution in [2.75, 3.05) is 6.61 Å². The number of hydrogen-bond donors (Lipinski definition) is 2. The van der Waals surface area contributed by atoms with Gasteiger partial charge in [-0.15, -0.1) is 11.3 Å². The molecule has 0 radical (unpaired) electrons. The summed E-state index contributed by atoms with van der Waals surface area (Å²) in [5, 5.41) is 13.5. The second-order valence-electron chi connectivity index (χ2n) is 4.32. The predicted octanol–water partition coefficient (Wildman–Crippen LogP) is 1.67. The van der Waals surface area contributed by atoms with Crippen LogP contribution in [0.5, 0.6) is 0 Å². The molecule has 4 nitrogen and oxygen atoms in total. The van der Waals surface area contributed by atoms with Crippen LogP contribution >= 0.6 is 11.3 Å². The third-order valence-electron chi connectivity index (χ3n) is 3.06. The van der Waals surface area contributed by atoms with E-state index in [9.17, 15) is 4.79 Å². The number of rotatable bonds is 3. The smallest absolute Gasteiger partial charge is 0.268 e. The summed E-state index contributed by atoms with van der Waals surface area (Å²) in [5.41, 5.74) is 2.54. The van der Waals surface area contributed by atoms with Crippen LogP contribution < -0.4 is 5.32 Å². The highest BCUT2D eigenvalue weighted by atomic mass is 32.1. The van der Waals surface area contributed by atoms with Crippen LogP contribution in [0.15, 0.2) is 23.6 Å². The van der Waals surface area contributed by atoms with E-state index >= 15 is 0 Å². The lowest BCUT2D eigenvalue weighted by atomic mass is 10.2. The normalized spacial score (nSPS) is 9.95. The molecule has 5 heteroatoms. The van der Waals surface area contributed by atoms with Crippen molar-refractivity contribution in [3.63, 3.8) is 0 Å². The van der Waals surface area contributed by atoms with Gasteiger partial charge in [-0.3, -0.25) is 4.79 Å². The van der Waals surface area contributed by atoms with Crippen molar-refractivity contribution in [2.24, 2.45) is 7.05 Å². The van der Waals surface area contributed by atoms with Gasteiger partial charge in [0.2, 0.25) is 0 Å². The van der Waals surface area contributed by atoms with E-state index < -0.39 is 0 Å². The zero-order valence-electron chi connectivity index (χ0n) is 11.4. The monoisotopic (exact) mass is 288 g/mol. The van der Waals surface area contributed by atoms with Gasteiger partial charge in [0.25, 0.3) is 5.91 Å². The SMILES string of the molecule is Cc1ccc(C(=O)NCc2sccc2C#CCO)n1C. The number of carbonyl (C=O) groups is 1. The van der Waals surface area contributed by atoms with Crippen molar-refractivity contribution >= 4 is 17.2 Å². The van der Waals surface area contributed by atoms with Gasteiger partial charge in [0.15, 0.2) is 0 Å². The standard InChI is InChI=1S/C15H16N2O2S/c1-11-5-6-13(17(11)2)15(19)16-10-14-12(4-3-8-18)7-9-20-14/h5-7,9,18H,8,10H2,1-2H3,(H,16,19). The second-order valence-corrected chi connectivity index (χ2v) is 5.32. The second kappa shape index (κ2) is 6.42. The van der Waals surface area contributed by atoms with E-state index in [2.05, 4.69) is 17.2 Å². The number of carbonyl (C=O) groups excluding carboxylic acids is 1. The largest absolute Gasteiger partial charge is 0.384 e. The summed E-state index contributed by atoms with van der Waals surface area (Å²) in [6.45, 7) is 2.24. The molecule has 0 fully saturated rings. The average molecular weight is 288 g/mol. The number of nitrogens with zero attached hydrogens (tertiary/aromatic N) is 1. The molecule has 2 N–H and O–H groups in total. The lowest BCUT2D eigenvalue weighted by Crippen LogP contribution is -2.24. The molecule has 1 amide bonds. The summed E-state index contributed by atoms with van der Waals surface area (Å²) in [6.07, 6.45) is 0. The summed E-state index contributed by atoms with van der Waals surface area (Å²) < 4.78 is 1.86. The molecule has 0 aromatic carbocycles. The van der Waals surface area contributed by atoms with Crippen LogP contribution in [-0.2, 0) is 13.6 Å². The molecule has 0 saturated heterocycles. The van der Waals surface area contributed by atoms with Crippen LogP contribution in [0.1, 0.15) is 26.6 Å². The van der Waals surface area contributed by atoms with E-state index in [1.807, 2.05) is 42.1 Å². The Morgan fingerprint density at radius 2 is 2.25 bits per heavy atom. The number of amides is 1. The molecule has 0 spiro atoms. The molecule has 0 aliphatic heterocycles. The summed E-state index contributed by atoms with van der Waals surface area (Å²) in [7, 11) is 1.87.